The average molecular weight is 361 g/mol. The molecule has 6 heteroatoms. The summed E-state index contributed by atoms with van der Waals surface area (Å²) in [4.78, 5) is 10.6. The minimum atomic E-state index is -0.633. The first-order valence-electron chi connectivity index (χ1n) is 8.46. The van der Waals surface area contributed by atoms with E-state index in [1.165, 1.54) is 5.56 Å². The van der Waals surface area contributed by atoms with Gasteiger partial charge in [0.2, 0.25) is 0 Å². The van der Waals surface area contributed by atoms with Crippen molar-refractivity contribution in [3.8, 4) is 0 Å². The van der Waals surface area contributed by atoms with Gasteiger partial charge < -0.3 is 10.4 Å². The average Bonchev–Trinajstić information content (AvgIpc) is 2.80. The molecule has 0 radical (unpaired) electrons. The minimum absolute atomic E-state index is 0.137. The molecule has 0 amide bonds. The lowest BCUT2D eigenvalue weighted by molar-refractivity contribution is -0.384. The van der Waals surface area contributed by atoms with Crippen molar-refractivity contribution in [3.63, 3.8) is 0 Å². The number of fused-ring (bicyclic) bond motifs is 1. The highest BCUT2D eigenvalue weighted by molar-refractivity contribution is 6.30. The highest BCUT2D eigenvalue weighted by Gasteiger charge is 2.20. The predicted octanol–water partition coefficient (Wildman–Crippen LogP) is 3.82. The van der Waals surface area contributed by atoms with Crippen molar-refractivity contribution < 1.29 is 10.0 Å². The minimum Gasteiger partial charge on any atom is -0.387 e. The van der Waals surface area contributed by atoms with Gasteiger partial charge in [-0.1, -0.05) is 29.8 Å². The van der Waals surface area contributed by atoms with Crippen LogP contribution in [0, 0.1) is 10.1 Å². The largest absolute Gasteiger partial charge is 0.387 e. The van der Waals surface area contributed by atoms with Crippen molar-refractivity contribution in [3.05, 3.63) is 74.3 Å². The molecule has 3 rings (SSSR count). The molecule has 2 N–H and O–H groups in total. The fraction of sp³-hybridized carbons (Fsp3) is 0.368. The second-order valence-electron chi connectivity index (χ2n) is 6.48. The Labute approximate surface area is 151 Å². The Balaban J connectivity index is 1.65. The number of aliphatic hydroxyl groups excluding tert-OH is 1. The van der Waals surface area contributed by atoms with Crippen LogP contribution in [0.4, 0.5) is 5.69 Å². The molecular weight excluding hydrogens is 340 g/mol. The summed E-state index contributed by atoms with van der Waals surface area (Å²) in [6, 6.07) is 12.5. The molecular formula is C19H21ClN2O3. The van der Waals surface area contributed by atoms with E-state index in [2.05, 4.69) is 5.32 Å². The number of nitro groups is 1. The topological polar surface area (TPSA) is 75.4 Å². The smallest absolute Gasteiger partial charge is 0.269 e. The molecule has 0 aliphatic heterocycles. The molecule has 0 heterocycles. The lowest BCUT2D eigenvalue weighted by Crippen LogP contribution is -2.34. The van der Waals surface area contributed by atoms with Crippen LogP contribution < -0.4 is 5.32 Å². The summed E-state index contributed by atoms with van der Waals surface area (Å²) >= 11 is 5.97. The molecule has 5 nitrogen and oxygen atoms in total. The number of benzene rings is 2. The molecule has 2 atom stereocenters. The van der Waals surface area contributed by atoms with E-state index in [9.17, 15) is 15.2 Å². The number of hydrogen-bond acceptors (Lipinski definition) is 4. The summed E-state index contributed by atoms with van der Waals surface area (Å²) in [5, 5.41) is 25.4. The molecule has 25 heavy (non-hydrogen) atoms. The molecule has 0 fully saturated rings. The van der Waals surface area contributed by atoms with Crippen LogP contribution in [0.25, 0.3) is 0 Å². The molecule has 0 unspecified atom stereocenters. The Morgan fingerprint density at radius 3 is 2.88 bits per heavy atom. The van der Waals surface area contributed by atoms with E-state index in [4.69, 9.17) is 11.6 Å². The Morgan fingerprint density at radius 2 is 2.12 bits per heavy atom. The summed E-state index contributed by atoms with van der Waals surface area (Å²) in [5.74, 6) is 0. The van der Waals surface area contributed by atoms with Crippen molar-refractivity contribution in [1.82, 2.24) is 5.32 Å². The van der Waals surface area contributed by atoms with Crippen molar-refractivity contribution in [2.45, 2.75) is 37.8 Å². The molecule has 0 saturated heterocycles. The summed E-state index contributed by atoms with van der Waals surface area (Å²) < 4.78 is 0. The summed E-state index contributed by atoms with van der Waals surface area (Å²) in [6.45, 7) is 0.426. The SMILES string of the molecule is O=[N+]([O-])c1ccc2c(c1)C[C@@H](NC[C@H](O)c1cccc(Cl)c1)CCC2. The summed E-state index contributed by atoms with van der Waals surface area (Å²) in [6.07, 6.45) is 3.04. The van der Waals surface area contributed by atoms with Gasteiger partial charge in [0, 0.05) is 29.7 Å². The van der Waals surface area contributed by atoms with E-state index in [0.29, 0.717) is 11.6 Å². The third kappa shape index (κ3) is 4.57. The first-order chi connectivity index (χ1) is 12.0. The van der Waals surface area contributed by atoms with Gasteiger partial charge in [0.15, 0.2) is 0 Å². The van der Waals surface area contributed by atoms with E-state index in [0.717, 1.165) is 36.8 Å². The van der Waals surface area contributed by atoms with Crippen molar-refractivity contribution in [1.29, 1.82) is 0 Å². The standard InChI is InChI=1S/C19H21ClN2O3/c20-16-5-1-4-14(9-16)19(23)12-21-17-6-2-3-13-7-8-18(22(24)25)11-15(13)10-17/h1,4-5,7-9,11,17,19,21,23H,2-3,6,10,12H2/t17-,19-/m0/s1. The van der Waals surface area contributed by atoms with E-state index in [1.807, 2.05) is 18.2 Å². The maximum atomic E-state index is 11.0. The third-order valence-electron chi connectivity index (χ3n) is 4.70. The maximum absolute atomic E-state index is 11.0. The number of hydrogen-bond donors (Lipinski definition) is 2. The zero-order valence-corrected chi connectivity index (χ0v) is 14.6. The van der Waals surface area contributed by atoms with Crippen molar-refractivity contribution in [2.75, 3.05) is 6.54 Å². The van der Waals surface area contributed by atoms with Gasteiger partial charge in [-0.25, -0.2) is 0 Å². The lowest BCUT2D eigenvalue weighted by Gasteiger charge is -2.20. The zero-order valence-electron chi connectivity index (χ0n) is 13.8. The molecule has 0 bridgehead atoms. The molecule has 2 aromatic rings. The fourth-order valence-corrected chi connectivity index (χ4v) is 3.55. The van der Waals surface area contributed by atoms with Crippen LogP contribution in [0.3, 0.4) is 0 Å². The number of nitro benzene ring substituents is 1. The molecule has 1 aliphatic carbocycles. The quantitative estimate of drug-likeness (QED) is 0.483. The van der Waals surface area contributed by atoms with Gasteiger partial charge in [0.05, 0.1) is 11.0 Å². The normalized spacial score (nSPS) is 18.2. The fourth-order valence-electron chi connectivity index (χ4n) is 3.35. The lowest BCUT2D eigenvalue weighted by atomic mass is 10.0. The molecule has 0 aromatic heterocycles. The monoisotopic (exact) mass is 360 g/mol. The van der Waals surface area contributed by atoms with Crippen LogP contribution >= 0.6 is 11.6 Å². The summed E-state index contributed by atoms with van der Waals surface area (Å²) in [5.41, 5.74) is 3.13. The van der Waals surface area contributed by atoms with E-state index >= 15 is 0 Å². The van der Waals surface area contributed by atoms with Crippen LogP contribution in [-0.2, 0) is 12.8 Å². The van der Waals surface area contributed by atoms with Crippen LogP contribution in [-0.4, -0.2) is 22.6 Å². The van der Waals surface area contributed by atoms with Crippen LogP contribution in [0.5, 0.6) is 0 Å². The molecule has 1 aliphatic rings. The second-order valence-corrected chi connectivity index (χ2v) is 6.92. The Hall–Kier alpha value is -1.95. The molecule has 2 aromatic carbocycles. The van der Waals surface area contributed by atoms with Gasteiger partial charge in [-0.3, -0.25) is 10.1 Å². The first kappa shape index (κ1) is 17.9. The van der Waals surface area contributed by atoms with Gasteiger partial charge >= 0.3 is 0 Å². The zero-order chi connectivity index (χ0) is 17.8. The van der Waals surface area contributed by atoms with Gasteiger partial charge in [-0.05, 0) is 54.5 Å². The Kier molecular flexibility index (Phi) is 5.68. The van der Waals surface area contributed by atoms with Gasteiger partial charge in [-0.2, -0.15) is 0 Å². The van der Waals surface area contributed by atoms with Crippen molar-refractivity contribution >= 4 is 17.3 Å². The number of aryl methyl sites for hydroxylation is 1. The number of aliphatic hydroxyl groups is 1. The Morgan fingerprint density at radius 1 is 1.28 bits per heavy atom. The number of halogens is 1. The highest BCUT2D eigenvalue weighted by Crippen LogP contribution is 2.25. The number of nitrogens with one attached hydrogen (secondary N) is 1. The van der Waals surface area contributed by atoms with Gasteiger partial charge in [-0.15, -0.1) is 0 Å². The van der Waals surface area contributed by atoms with Crippen LogP contribution in [0.15, 0.2) is 42.5 Å². The first-order valence-corrected chi connectivity index (χ1v) is 8.84. The van der Waals surface area contributed by atoms with E-state index < -0.39 is 6.10 Å². The maximum Gasteiger partial charge on any atom is 0.269 e. The highest BCUT2D eigenvalue weighted by atomic mass is 35.5. The summed E-state index contributed by atoms with van der Waals surface area (Å²) in [7, 11) is 0. The van der Waals surface area contributed by atoms with Gasteiger partial charge in [0.1, 0.15) is 0 Å². The van der Waals surface area contributed by atoms with Gasteiger partial charge in [0.25, 0.3) is 5.69 Å². The number of non-ortho nitro benzene ring substituents is 1. The second kappa shape index (κ2) is 7.95. The third-order valence-corrected chi connectivity index (χ3v) is 4.93. The van der Waals surface area contributed by atoms with Crippen molar-refractivity contribution in [2.24, 2.45) is 0 Å². The Bertz CT molecular complexity index is 766. The molecule has 132 valence electrons. The van der Waals surface area contributed by atoms with E-state index in [1.54, 1.807) is 24.3 Å². The predicted molar refractivity (Wildman–Crippen MR) is 97.9 cm³/mol. The van der Waals surface area contributed by atoms with E-state index in [-0.39, 0.29) is 16.7 Å². The number of rotatable bonds is 5. The molecule has 0 spiro atoms. The molecule has 0 saturated carbocycles. The van der Waals surface area contributed by atoms with Crippen LogP contribution in [0.1, 0.15) is 35.6 Å². The number of nitrogens with zero attached hydrogens (tertiary/aromatic N) is 1. The van der Waals surface area contributed by atoms with Crippen LogP contribution in [0.2, 0.25) is 5.02 Å².